The Morgan fingerprint density at radius 3 is 2.35 bits per heavy atom. The lowest BCUT2D eigenvalue weighted by Gasteiger charge is -2.24. The van der Waals surface area contributed by atoms with Crippen LogP contribution in [0.15, 0.2) is 47.4 Å². The number of esters is 1. The number of benzene rings is 2. The molecule has 0 saturated heterocycles. The Morgan fingerprint density at radius 1 is 0.971 bits per heavy atom. The summed E-state index contributed by atoms with van der Waals surface area (Å²) in [5.41, 5.74) is 0.481. The van der Waals surface area contributed by atoms with Gasteiger partial charge >= 0.3 is 5.97 Å². The number of sulfonamides is 1. The van der Waals surface area contributed by atoms with E-state index in [9.17, 15) is 18.0 Å². The van der Waals surface area contributed by atoms with Gasteiger partial charge < -0.3 is 19.5 Å². The van der Waals surface area contributed by atoms with Gasteiger partial charge in [-0.3, -0.25) is 9.52 Å². The molecular formula is C24H28N2O7S. The zero-order valence-corrected chi connectivity index (χ0v) is 19.7. The molecule has 2 aliphatic rings. The van der Waals surface area contributed by atoms with Crippen LogP contribution < -0.4 is 19.5 Å². The minimum atomic E-state index is -3.88. The highest BCUT2D eigenvalue weighted by Crippen LogP contribution is 2.32. The number of ether oxygens (including phenoxy) is 3. The highest BCUT2D eigenvalue weighted by Gasteiger charge is 2.23. The molecule has 34 heavy (non-hydrogen) atoms. The van der Waals surface area contributed by atoms with Gasteiger partial charge in [-0.1, -0.05) is 19.3 Å². The Balaban J connectivity index is 1.34. The molecule has 0 aromatic heterocycles. The van der Waals surface area contributed by atoms with Gasteiger partial charge in [-0.25, -0.2) is 13.2 Å². The van der Waals surface area contributed by atoms with E-state index in [0.717, 1.165) is 25.7 Å². The maximum absolute atomic E-state index is 12.7. The van der Waals surface area contributed by atoms with Crippen molar-refractivity contribution in [2.45, 2.75) is 56.1 Å². The molecule has 10 heteroatoms. The average molecular weight is 489 g/mol. The predicted molar refractivity (Wildman–Crippen MR) is 125 cm³/mol. The van der Waals surface area contributed by atoms with Crippen molar-refractivity contribution in [3.05, 3.63) is 48.0 Å². The van der Waals surface area contributed by atoms with E-state index in [1.54, 1.807) is 6.07 Å². The summed E-state index contributed by atoms with van der Waals surface area (Å²) in [5, 5.41) is 2.94. The highest BCUT2D eigenvalue weighted by molar-refractivity contribution is 7.92. The van der Waals surface area contributed by atoms with Crippen LogP contribution in [0, 0.1) is 0 Å². The molecule has 2 aromatic carbocycles. The summed E-state index contributed by atoms with van der Waals surface area (Å²) in [6, 6.07) is 10.3. The molecule has 0 bridgehead atoms. The smallest absolute Gasteiger partial charge is 0.338 e. The zero-order chi connectivity index (χ0) is 24.1. The van der Waals surface area contributed by atoms with Crippen molar-refractivity contribution in [2.24, 2.45) is 0 Å². The molecule has 1 amide bonds. The lowest BCUT2D eigenvalue weighted by molar-refractivity contribution is -0.130. The standard InChI is InChI=1S/C24H28N2O7S/c1-16(23(27)25-18-5-3-2-4-6-18)33-24(28)17-7-9-19(10-8-17)26-34(29,30)20-11-12-21-22(15-20)32-14-13-31-21/h7-12,15-16,18,26H,2-6,13-14H2,1H3,(H,25,27). The molecule has 2 aromatic rings. The van der Waals surface area contributed by atoms with Gasteiger partial charge in [0.2, 0.25) is 0 Å². The maximum atomic E-state index is 12.7. The van der Waals surface area contributed by atoms with Crippen LogP contribution in [0.4, 0.5) is 5.69 Å². The van der Waals surface area contributed by atoms with Gasteiger partial charge in [0, 0.05) is 17.8 Å². The Bertz CT molecular complexity index is 1140. The summed E-state index contributed by atoms with van der Waals surface area (Å²) >= 11 is 0. The third-order valence-corrected chi connectivity index (χ3v) is 7.18. The van der Waals surface area contributed by atoms with E-state index in [2.05, 4.69) is 10.0 Å². The summed E-state index contributed by atoms with van der Waals surface area (Å²) in [6.45, 7) is 2.30. The summed E-state index contributed by atoms with van der Waals surface area (Å²) in [5.74, 6) is -0.111. The molecule has 1 aliphatic carbocycles. The topological polar surface area (TPSA) is 120 Å². The van der Waals surface area contributed by atoms with Crippen LogP contribution in [0.25, 0.3) is 0 Å². The largest absolute Gasteiger partial charge is 0.486 e. The second kappa shape index (κ2) is 10.3. The molecule has 9 nitrogen and oxygen atoms in total. The normalized spacial score (nSPS) is 16.9. The van der Waals surface area contributed by atoms with Crippen LogP contribution in [0.5, 0.6) is 11.5 Å². The molecule has 1 atom stereocenters. The highest BCUT2D eigenvalue weighted by atomic mass is 32.2. The van der Waals surface area contributed by atoms with E-state index in [-0.39, 0.29) is 28.1 Å². The Labute approximate surface area is 198 Å². The number of fused-ring (bicyclic) bond motifs is 1. The number of amides is 1. The number of hydrogen-bond acceptors (Lipinski definition) is 7. The van der Waals surface area contributed by atoms with E-state index in [0.29, 0.717) is 24.7 Å². The number of rotatable bonds is 7. The molecule has 1 saturated carbocycles. The van der Waals surface area contributed by atoms with Gasteiger partial charge in [-0.15, -0.1) is 0 Å². The van der Waals surface area contributed by atoms with Gasteiger partial charge in [0.15, 0.2) is 17.6 Å². The fraction of sp³-hybridized carbons (Fsp3) is 0.417. The third-order valence-electron chi connectivity index (χ3n) is 5.80. The van der Waals surface area contributed by atoms with Crippen molar-refractivity contribution < 1.29 is 32.2 Å². The lowest BCUT2D eigenvalue weighted by Crippen LogP contribution is -2.42. The van der Waals surface area contributed by atoms with Gasteiger partial charge in [0.25, 0.3) is 15.9 Å². The van der Waals surface area contributed by atoms with Gasteiger partial charge in [-0.05, 0) is 56.2 Å². The van der Waals surface area contributed by atoms with Crippen molar-refractivity contribution in [1.29, 1.82) is 0 Å². The zero-order valence-electron chi connectivity index (χ0n) is 18.9. The monoisotopic (exact) mass is 488 g/mol. The second-order valence-corrected chi connectivity index (χ2v) is 10.1. The van der Waals surface area contributed by atoms with Crippen LogP contribution in [-0.4, -0.2) is 45.7 Å². The average Bonchev–Trinajstić information content (AvgIpc) is 2.84. The van der Waals surface area contributed by atoms with E-state index < -0.39 is 22.1 Å². The minimum Gasteiger partial charge on any atom is -0.486 e. The second-order valence-electron chi connectivity index (χ2n) is 8.38. The van der Waals surface area contributed by atoms with Crippen molar-refractivity contribution in [1.82, 2.24) is 5.32 Å². The Hall–Kier alpha value is -3.27. The number of carbonyl (C=O) groups is 2. The molecule has 4 rings (SSSR count). The molecule has 2 N–H and O–H groups in total. The van der Waals surface area contributed by atoms with Crippen LogP contribution in [0.1, 0.15) is 49.4 Å². The first-order valence-corrected chi connectivity index (χ1v) is 12.8. The summed E-state index contributed by atoms with van der Waals surface area (Å²) in [6.07, 6.45) is 4.31. The molecule has 182 valence electrons. The summed E-state index contributed by atoms with van der Waals surface area (Å²) < 4.78 is 44.1. The fourth-order valence-corrected chi connectivity index (χ4v) is 5.00. The first-order chi connectivity index (χ1) is 16.3. The molecular weight excluding hydrogens is 460 g/mol. The van der Waals surface area contributed by atoms with E-state index >= 15 is 0 Å². The van der Waals surface area contributed by atoms with E-state index in [4.69, 9.17) is 14.2 Å². The molecule has 1 unspecified atom stereocenters. The lowest BCUT2D eigenvalue weighted by atomic mass is 9.95. The van der Waals surface area contributed by atoms with Crippen molar-refractivity contribution >= 4 is 27.6 Å². The molecule has 1 heterocycles. The van der Waals surface area contributed by atoms with Crippen molar-refractivity contribution in [2.75, 3.05) is 17.9 Å². The van der Waals surface area contributed by atoms with Gasteiger partial charge in [-0.2, -0.15) is 0 Å². The first kappa shape index (κ1) is 23.9. The van der Waals surface area contributed by atoms with Crippen LogP contribution in [0.2, 0.25) is 0 Å². The van der Waals surface area contributed by atoms with Crippen molar-refractivity contribution in [3.8, 4) is 11.5 Å². The number of carbonyl (C=O) groups excluding carboxylic acids is 2. The Morgan fingerprint density at radius 2 is 1.65 bits per heavy atom. The molecule has 1 fully saturated rings. The van der Waals surface area contributed by atoms with Crippen molar-refractivity contribution in [3.63, 3.8) is 0 Å². The predicted octanol–water partition coefficient (Wildman–Crippen LogP) is 3.25. The molecule has 1 aliphatic heterocycles. The minimum absolute atomic E-state index is 0.0260. The fourth-order valence-electron chi connectivity index (χ4n) is 3.93. The number of hydrogen-bond donors (Lipinski definition) is 2. The van der Waals surface area contributed by atoms with Crippen LogP contribution in [-0.2, 0) is 19.6 Å². The quantitative estimate of drug-likeness (QED) is 0.574. The maximum Gasteiger partial charge on any atom is 0.338 e. The van der Waals surface area contributed by atoms with E-state index in [1.807, 2.05) is 0 Å². The van der Waals surface area contributed by atoms with Crippen LogP contribution >= 0.6 is 0 Å². The van der Waals surface area contributed by atoms with Gasteiger partial charge in [0.1, 0.15) is 13.2 Å². The van der Waals surface area contributed by atoms with Crippen LogP contribution in [0.3, 0.4) is 0 Å². The third kappa shape index (κ3) is 5.80. The SMILES string of the molecule is CC(OC(=O)c1ccc(NS(=O)(=O)c2ccc3c(c2)OCCO3)cc1)C(=O)NC1CCCCC1. The van der Waals surface area contributed by atoms with E-state index in [1.165, 1.54) is 49.7 Å². The Kier molecular flexibility index (Phi) is 7.26. The number of nitrogens with one attached hydrogen (secondary N) is 2. The summed E-state index contributed by atoms with van der Waals surface area (Å²) in [4.78, 5) is 24.8. The molecule has 0 spiro atoms. The summed E-state index contributed by atoms with van der Waals surface area (Å²) in [7, 11) is -3.88. The molecule has 0 radical (unpaired) electrons. The number of anilines is 1. The first-order valence-electron chi connectivity index (χ1n) is 11.4. The van der Waals surface area contributed by atoms with Gasteiger partial charge in [0.05, 0.1) is 10.5 Å².